The van der Waals surface area contributed by atoms with E-state index in [1.165, 1.54) is 11.1 Å². The van der Waals surface area contributed by atoms with Gasteiger partial charge in [-0.3, -0.25) is 9.69 Å². The quantitative estimate of drug-likeness (QED) is 0.680. The van der Waals surface area contributed by atoms with Gasteiger partial charge in [0.1, 0.15) is 11.4 Å². The second-order valence-electron chi connectivity index (χ2n) is 9.33. The summed E-state index contributed by atoms with van der Waals surface area (Å²) < 4.78 is 6.40. The van der Waals surface area contributed by atoms with Crippen LogP contribution in [0.3, 0.4) is 0 Å². The van der Waals surface area contributed by atoms with Crippen LogP contribution in [0.4, 0.5) is 0 Å². The monoisotopic (exact) mass is 420 g/mol. The number of nitrogens with one attached hydrogen (secondary N) is 1. The number of hydrogen-bond acceptors (Lipinski definition) is 3. The summed E-state index contributed by atoms with van der Waals surface area (Å²) in [6.45, 7) is 9.42. The van der Waals surface area contributed by atoms with E-state index in [1.807, 2.05) is 18.2 Å². The van der Waals surface area contributed by atoms with E-state index in [-0.39, 0.29) is 23.5 Å². The molecule has 1 N–H and O–H groups in total. The zero-order valence-corrected chi connectivity index (χ0v) is 19.2. The van der Waals surface area contributed by atoms with Gasteiger partial charge in [0.25, 0.3) is 0 Å². The second-order valence-corrected chi connectivity index (χ2v) is 9.33. The van der Waals surface area contributed by atoms with E-state index < -0.39 is 0 Å². The molecule has 1 saturated heterocycles. The Balaban J connectivity index is 1.37. The van der Waals surface area contributed by atoms with E-state index in [1.54, 1.807) is 0 Å². The van der Waals surface area contributed by atoms with Crippen molar-refractivity contribution in [3.63, 3.8) is 0 Å². The number of rotatable bonds is 6. The van der Waals surface area contributed by atoms with E-state index >= 15 is 0 Å². The smallest absolute Gasteiger partial charge is 0.223 e. The number of fused-ring (bicyclic) bond motifs is 1. The zero-order valence-electron chi connectivity index (χ0n) is 19.2. The van der Waals surface area contributed by atoms with Crippen LogP contribution in [0.15, 0.2) is 48.5 Å². The number of benzene rings is 2. The standard InChI is InChI=1S/C27H36N2O2/c1-4-27(5-2)18-24(23-11-6-7-12-25(23)31-27)28-26(30)22-13-15-29(16-14-22)19-21-10-8-9-20(3)17-21/h6-12,17,22,24H,4-5,13-16,18-19H2,1-3H3,(H,28,30)/t24-/m1/s1. The average molecular weight is 421 g/mol. The summed E-state index contributed by atoms with van der Waals surface area (Å²) in [7, 11) is 0. The first-order chi connectivity index (χ1) is 15.0. The van der Waals surface area contributed by atoms with Crippen molar-refractivity contribution in [3.05, 3.63) is 65.2 Å². The number of aryl methyl sites for hydroxylation is 1. The van der Waals surface area contributed by atoms with Crippen LogP contribution >= 0.6 is 0 Å². The lowest BCUT2D eigenvalue weighted by Crippen LogP contribution is -2.47. The Bertz CT molecular complexity index is 898. The molecule has 2 aliphatic heterocycles. The van der Waals surface area contributed by atoms with E-state index in [2.05, 4.69) is 61.3 Å². The molecule has 0 spiro atoms. The third kappa shape index (κ3) is 4.95. The van der Waals surface area contributed by atoms with Crippen molar-refractivity contribution in [1.29, 1.82) is 0 Å². The number of likely N-dealkylation sites (tertiary alicyclic amines) is 1. The third-order valence-electron chi connectivity index (χ3n) is 7.25. The topological polar surface area (TPSA) is 41.6 Å². The largest absolute Gasteiger partial charge is 0.487 e. The Morgan fingerprint density at radius 1 is 1.10 bits per heavy atom. The maximum absolute atomic E-state index is 13.2. The first-order valence-corrected chi connectivity index (χ1v) is 11.9. The Labute approximate surface area is 187 Å². The molecule has 0 aromatic heterocycles. The van der Waals surface area contributed by atoms with Gasteiger partial charge < -0.3 is 10.1 Å². The van der Waals surface area contributed by atoms with E-state index in [4.69, 9.17) is 4.74 Å². The highest BCUT2D eigenvalue weighted by Crippen LogP contribution is 2.42. The molecular formula is C27H36N2O2. The number of carbonyl (C=O) groups excluding carboxylic acids is 1. The van der Waals surface area contributed by atoms with Gasteiger partial charge in [0, 0.05) is 24.4 Å². The molecule has 1 amide bonds. The Morgan fingerprint density at radius 3 is 2.55 bits per heavy atom. The molecule has 0 saturated carbocycles. The maximum Gasteiger partial charge on any atom is 0.223 e. The number of amides is 1. The van der Waals surface area contributed by atoms with Gasteiger partial charge >= 0.3 is 0 Å². The summed E-state index contributed by atoms with van der Waals surface area (Å²) in [6, 6.07) is 16.9. The molecule has 166 valence electrons. The minimum atomic E-state index is -0.191. The van der Waals surface area contributed by atoms with Gasteiger partial charge in [-0.2, -0.15) is 0 Å². The van der Waals surface area contributed by atoms with Crippen molar-refractivity contribution >= 4 is 5.91 Å². The lowest BCUT2D eigenvalue weighted by atomic mass is 9.83. The fraction of sp³-hybridized carbons (Fsp3) is 0.519. The van der Waals surface area contributed by atoms with Crippen molar-refractivity contribution in [2.75, 3.05) is 13.1 Å². The van der Waals surface area contributed by atoms with E-state index in [0.717, 1.165) is 63.1 Å². The van der Waals surface area contributed by atoms with Crippen LogP contribution in [0.1, 0.15) is 68.7 Å². The SMILES string of the molecule is CCC1(CC)C[C@@H](NC(=O)C2CCN(Cc3cccc(C)c3)CC2)c2ccccc2O1. The first kappa shape index (κ1) is 21.9. The molecule has 0 unspecified atom stereocenters. The maximum atomic E-state index is 13.2. The normalized spacial score (nSPS) is 21.2. The molecule has 2 heterocycles. The molecular weight excluding hydrogens is 384 g/mol. The second kappa shape index (κ2) is 9.44. The highest BCUT2D eigenvalue weighted by Gasteiger charge is 2.39. The minimum Gasteiger partial charge on any atom is -0.487 e. The van der Waals surface area contributed by atoms with Crippen LogP contribution in [0.25, 0.3) is 0 Å². The molecule has 2 aliphatic rings. The zero-order chi connectivity index (χ0) is 21.8. The van der Waals surface area contributed by atoms with Gasteiger partial charge in [0.05, 0.1) is 6.04 Å². The summed E-state index contributed by atoms with van der Waals surface area (Å²) in [4.78, 5) is 15.7. The number of nitrogens with zero attached hydrogens (tertiary/aromatic N) is 1. The van der Waals surface area contributed by atoms with Crippen molar-refractivity contribution < 1.29 is 9.53 Å². The fourth-order valence-corrected chi connectivity index (χ4v) is 5.14. The van der Waals surface area contributed by atoms with Crippen LogP contribution in [0.5, 0.6) is 5.75 Å². The molecule has 0 radical (unpaired) electrons. The predicted octanol–water partition coefficient (Wildman–Crippen LogP) is 5.41. The lowest BCUT2D eigenvalue weighted by molar-refractivity contribution is -0.128. The number of carbonyl (C=O) groups is 1. The van der Waals surface area contributed by atoms with E-state index in [0.29, 0.717) is 0 Å². The molecule has 31 heavy (non-hydrogen) atoms. The van der Waals surface area contributed by atoms with Crippen LogP contribution in [0, 0.1) is 12.8 Å². The number of ether oxygens (including phenoxy) is 1. The summed E-state index contributed by atoms with van der Waals surface area (Å²) in [6.07, 6.45) is 4.59. The Morgan fingerprint density at radius 2 is 1.84 bits per heavy atom. The number of para-hydroxylation sites is 1. The van der Waals surface area contributed by atoms with Crippen molar-refractivity contribution in [1.82, 2.24) is 10.2 Å². The molecule has 2 aromatic rings. The van der Waals surface area contributed by atoms with E-state index in [9.17, 15) is 4.79 Å². The van der Waals surface area contributed by atoms with Gasteiger partial charge in [-0.25, -0.2) is 0 Å². The molecule has 4 rings (SSSR count). The van der Waals surface area contributed by atoms with Crippen molar-refractivity contribution in [3.8, 4) is 5.75 Å². The van der Waals surface area contributed by atoms with Gasteiger partial charge in [-0.1, -0.05) is 61.9 Å². The van der Waals surface area contributed by atoms with Gasteiger partial charge in [0.2, 0.25) is 5.91 Å². The van der Waals surface area contributed by atoms with Crippen LogP contribution in [-0.4, -0.2) is 29.5 Å². The highest BCUT2D eigenvalue weighted by atomic mass is 16.5. The lowest BCUT2D eigenvalue weighted by Gasteiger charge is -2.42. The fourth-order valence-electron chi connectivity index (χ4n) is 5.14. The summed E-state index contributed by atoms with van der Waals surface area (Å²) in [5, 5.41) is 3.40. The predicted molar refractivity (Wildman–Crippen MR) is 125 cm³/mol. The molecule has 0 aliphatic carbocycles. The van der Waals surface area contributed by atoms with Gasteiger partial charge in [0.15, 0.2) is 0 Å². The average Bonchev–Trinajstić information content (AvgIpc) is 2.79. The van der Waals surface area contributed by atoms with Gasteiger partial charge in [-0.15, -0.1) is 0 Å². The first-order valence-electron chi connectivity index (χ1n) is 11.9. The summed E-state index contributed by atoms with van der Waals surface area (Å²) in [5.74, 6) is 1.23. The Kier molecular flexibility index (Phi) is 6.66. The highest BCUT2D eigenvalue weighted by molar-refractivity contribution is 5.79. The van der Waals surface area contributed by atoms with Crippen LogP contribution in [0.2, 0.25) is 0 Å². The molecule has 1 fully saturated rings. The third-order valence-corrected chi connectivity index (χ3v) is 7.25. The molecule has 4 nitrogen and oxygen atoms in total. The Hall–Kier alpha value is -2.33. The number of hydrogen-bond donors (Lipinski definition) is 1. The molecule has 4 heteroatoms. The van der Waals surface area contributed by atoms with Crippen molar-refractivity contribution in [2.45, 2.75) is 71.1 Å². The van der Waals surface area contributed by atoms with Crippen molar-refractivity contribution in [2.24, 2.45) is 5.92 Å². The molecule has 1 atom stereocenters. The van der Waals surface area contributed by atoms with Crippen LogP contribution < -0.4 is 10.1 Å². The van der Waals surface area contributed by atoms with Gasteiger partial charge in [-0.05, 0) is 57.3 Å². The minimum absolute atomic E-state index is 0.0303. The molecule has 0 bridgehead atoms. The number of piperidine rings is 1. The molecule has 2 aromatic carbocycles. The summed E-state index contributed by atoms with van der Waals surface area (Å²) in [5.41, 5.74) is 3.59. The van der Waals surface area contributed by atoms with Crippen LogP contribution in [-0.2, 0) is 11.3 Å². The summed E-state index contributed by atoms with van der Waals surface area (Å²) >= 11 is 0.